The van der Waals surface area contributed by atoms with Crippen molar-refractivity contribution < 1.29 is 8.95 Å². The molecule has 2 aromatic rings. The highest BCUT2D eigenvalue weighted by molar-refractivity contribution is 9.10. The Kier molecular flexibility index (Phi) is 5.07. The molecule has 0 fully saturated rings. The maximum absolute atomic E-state index is 12.4. The van der Waals surface area contributed by atoms with Crippen molar-refractivity contribution in [3.05, 3.63) is 51.5 Å². The predicted molar refractivity (Wildman–Crippen MR) is 86.7 cm³/mol. The molecular weight excluding hydrogens is 362 g/mol. The summed E-state index contributed by atoms with van der Waals surface area (Å²) >= 11 is 9.40. The van der Waals surface area contributed by atoms with Gasteiger partial charge in [0.05, 0.1) is 34.4 Å². The fourth-order valence-corrected chi connectivity index (χ4v) is 3.64. The summed E-state index contributed by atoms with van der Waals surface area (Å²) in [5.41, 5.74) is 7.04. The summed E-state index contributed by atoms with van der Waals surface area (Å²) in [5.74, 6) is 1.11. The van der Waals surface area contributed by atoms with E-state index < -0.39 is 10.8 Å². The molecule has 0 radical (unpaired) electrons. The average Bonchev–Trinajstić information content (AvgIpc) is 2.44. The van der Waals surface area contributed by atoms with Crippen LogP contribution in [0.15, 0.2) is 45.8 Å². The molecular formula is C14H13BrClNO2S. The largest absolute Gasteiger partial charge is 0.497 e. The van der Waals surface area contributed by atoms with E-state index >= 15 is 0 Å². The van der Waals surface area contributed by atoms with Crippen LogP contribution in [0.3, 0.4) is 0 Å². The minimum Gasteiger partial charge on any atom is -0.497 e. The summed E-state index contributed by atoms with van der Waals surface area (Å²) in [5, 5.41) is 0.417. The zero-order valence-corrected chi connectivity index (χ0v) is 13.9. The van der Waals surface area contributed by atoms with E-state index in [9.17, 15) is 4.21 Å². The van der Waals surface area contributed by atoms with Gasteiger partial charge in [-0.15, -0.1) is 0 Å². The van der Waals surface area contributed by atoms with Crippen LogP contribution in [-0.2, 0) is 16.6 Å². The Bertz CT molecular complexity index is 664. The second kappa shape index (κ2) is 6.61. The van der Waals surface area contributed by atoms with Crippen molar-refractivity contribution in [3.8, 4) is 5.75 Å². The number of benzene rings is 2. The fraction of sp³-hybridized carbons (Fsp3) is 0.143. The molecule has 0 amide bonds. The van der Waals surface area contributed by atoms with E-state index in [4.69, 9.17) is 22.1 Å². The molecule has 2 rings (SSSR count). The van der Waals surface area contributed by atoms with Crippen LogP contribution in [0.4, 0.5) is 5.69 Å². The van der Waals surface area contributed by atoms with E-state index in [-0.39, 0.29) is 0 Å². The maximum atomic E-state index is 12.4. The number of anilines is 1. The van der Waals surface area contributed by atoms with Crippen LogP contribution < -0.4 is 10.5 Å². The van der Waals surface area contributed by atoms with Gasteiger partial charge < -0.3 is 10.5 Å². The molecule has 2 aromatic carbocycles. The first-order valence-electron chi connectivity index (χ1n) is 5.77. The van der Waals surface area contributed by atoms with E-state index in [1.54, 1.807) is 25.3 Å². The van der Waals surface area contributed by atoms with Crippen molar-refractivity contribution in [2.75, 3.05) is 12.8 Å². The van der Waals surface area contributed by atoms with Crippen molar-refractivity contribution in [1.82, 2.24) is 0 Å². The topological polar surface area (TPSA) is 52.3 Å². The van der Waals surface area contributed by atoms with Gasteiger partial charge in [0.15, 0.2) is 0 Å². The maximum Gasteiger partial charge on any atom is 0.119 e. The summed E-state index contributed by atoms with van der Waals surface area (Å²) < 4.78 is 18.5. The lowest BCUT2D eigenvalue weighted by molar-refractivity contribution is 0.414. The van der Waals surface area contributed by atoms with Crippen molar-refractivity contribution in [3.63, 3.8) is 0 Å². The van der Waals surface area contributed by atoms with Crippen LogP contribution in [0, 0.1) is 0 Å². The molecule has 106 valence electrons. The normalized spacial score (nSPS) is 12.2. The molecule has 0 aliphatic carbocycles. The molecule has 0 aromatic heterocycles. The highest BCUT2D eigenvalue weighted by atomic mass is 79.9. The molecule has 20 heavy (non-hydrogen) atoms. The second-order valence-electron chi connectivity index (χ2n) is 4.13. The molecule has 3 nitrogen and oxygen atoms in total. The van der Waals surface area contributed by atoms with Crippen LogP contribution in [0.2, 0.25) is 5.02 Å². The van der Waals surface area contributed by atoms with Gasteiger partial charge >= 0.3 is 0 Å². The Morgan fingerprint density at radius 1 is 1.30 bits per heavy atom. The number of hydrogen-bond acceptors (Lipinski definition) is 3. The van der Waals surface area contributed by atoms with E-state index in [2.05, 4.69) is 15.9 Å². The zero-order valence-electron chi connectivity index (χ0n) is 10.7. The van der Waals surface area contributed by atoms with E-state index in [0.29, 0.717) is 21.4 Å². The molecule has 0 saturated carbocycles. The second-order valence-corrected chi connectivity index (χ2v) is 6.84. The summed E-state index contributed by atoms with van der Waals surface area (Å²) in [6.07, 6.45) is 0. The van der Waals surface area contributed by atoms with E-state index in [0.717, 1.165) is 15.8 Å². The molecule has 0 heterocycles. The number of hydrogen-bond donors (Lipinski definition) is 1. The number of methoxy groups -OCH3 is 1. The van der Waals surface area contributed by atoms with Gasteiger partial charge in [0.25, 0.3) is 0 Å². The molecule has 0 saturated heterocycles. The highest BCUT2D eigenvalue weighted by Crippen LogP contribution is 2.27. The number of nitrogens with two attached hydrogens (primary N) is 1. The lowest BCUT2D eigenvalue weighted by Gasteiger charge is -2.08. The predicted octanol–water partition coefficient (Wildman–Crippen LogP) is 4.00. The Balaban J connectivity index is 2.25. The van der Waals surface area contributed by atoms with Gasteiger partial charge in [0, 0.05) is 9.37 Å². The number of halogens is 2. The third-order valence-electron chi connectivity index (χ3n) is 2.77. The lowest BCUT2D eigenvalue weighted by Crippen LogP contribution is -1.99. The van der Waals surface area contributed by atoms with Crippen LogP contribution in [0.5, 0.6) is 5.75 Å². The Hall–Kier alpha value is -1.04. The lowest BCUT2D eigenvalue weighted by atomic mass is 10.2. The molecule has 0 aliphatic heterocycles. The monoisotopic (exact) mass is 373 g/mol. The first-order chi connectivity index (χ1) is 9.51. The number of ether oxygens (including phenoxy) is 1. The summed E-state index contributed by atoms with van der Waals surface area (Å²) in [6.45, 7) is 0. The summed E-state index contributed by atoms with van der Waals surface area (Å²) in [7, 11) is 0.402. The average molecular weight is 375 g/mol. The minimum absolute atomic E-state index is 0.373. The molecule has 0 spiro atoms. The first-order valence-corrected chi connectivity index (χ1v) is 8.26. The summed E-state index contributed by atoms with van der Waals surface area (Å²) in [6, 6.07) is 10.6. The fourth-order valence-electron chi connectivity index (χ4n) is 1.66. The standard InChI is InChI=1S/C14H13BrClNO2S/c1-19-10-2-4-12(15)9(6-10)8-20(18)11-3-5-14(17)13(16)7-11/h2-7H,8,17H2,1H3. The van der Waals surface area contributed by atoms with Crippen molar-refractivity contribution in [2.45, 2.75) is 10.6 Å². The zero-order chi connectivity index (χ0) is 14.7. The minimum atomic E-state index is -1.20. The third kappa shape index (κ3) is 3.53. The van der Waals surface area contributed by atoms with Crippen LogP contribution >= 0.6 is 27.5 Å². The quantitative estimate of drug-likeness (QED) is 0.823. The third-order valence-corrected chi connectivity index (χ3v) is 5.23. The molecule has 0 bridgehead atoms. The Labute approximate surface area is 133 Å². The van der Waals surface area contributed by atoms with E-state index in [1.165, 1.54) is 0 Å². The van der Waals surface area contributed by atoms with Gasteiger partial charge in [0.1, 0.15) is 5.75 Å². The van der Waals surface area contributed by atoms with Gasteiger partial charge in [-0.3, -0.25) is 4.21 Å². The Morgan fingerprint density at radius 3 is 2.70 bits per heavy atom. The van der Waals surface area contributed by atoms with Crippen molar-refractivity contribution >= 4 is 44.0 Å². The van der Waals surface area contributed by atoms with Crippen molar-refractivity contribution in [1.29, 1.82) is 0 Å². The van der Waals surface area contributed by atoms with Crippen LogP contribution in [0.25, 0.3) is 0 Å². The SMILES string of the molecule is COc1ccc(Br)c(CS(=O)c2ccc(N)c(Cl)c2)c1. The molecule has 0 aliphatic rings. The number of nitrogen functional groups attached to an aromatic ring is 1. The van der Waals surface area contributed by atoms with Gasteiger partial charge in [-0.05, 0) is 42.0 Å². The van der Waals surface area contributed by atoms with Gasteiger partial charge in [-0.2, -0.15) is 0 Å². The smallest absolute Gasteiger partial charge is 0.119 e. The molecule has 1 unspecified atom stereocenters. The summed E-state index contributed by atoms with van der Waals surface area (Å²) in [4.78, 5) is 0.652. The van der Waals surface area contributed by atoms with Gasteiger partial charge in [-0.25, -0.2) is 0 Å². The van der Waals surface area contributed by atoms with Crippen LogP contribution in [-0.4, -0.2) is 11.3 Å². The van der Waals surface area contributed by atoms with E-state index in [1.807, 2.05) is 18.2 Å². The Morgan fingerprint density at radius 2 is 2.05 bits per heavy atom. The van der Waals surface area contributed by atoms with Gasteiger partial charge in [0.2, 0.25) is 0 Å². The first kappa shape index (κ1) is 15.4. The number of rotatable bonds is 4. The molecule has 6 heteroatoms. The molecule has 2 N–H and O–H groups in total. The highest BCUT2D eigenvalue weighted by Gasteiger charge is 2.10. The molecule has 1 atom stereocenters. The van der Waals surface area contributed by atoms with Crippen molar-refractivity contribution in [2.24, 2.45) is 0 Å². The van der Waals surface area contributed by atoms with Crippen LogP contribution in [0.1, 0.15) is 5.56 Å². The van der Waals surface area contributed by atoms with Gasteiger partial charge in [-0.1, -0.05) is 27.5 Å².